The number of methoxy groups -OCH3 is 1. The molecule has 1 atom stereocenters. The van der Waals surface area contributed by atoms with Gasteiger partial charge in [0.05, 0.1) is 7.11 Å². The van der Waals surface area contributed by atoms with Gasteiger partial charge in [-0.25, -0.2) is 0 Å². The highest BCUT2D eigenvalue weighted by atomic mass is 16.5. The highest BCUT2D eigenvalue weighted by Gasteiger charge is 2.28. The van der Waals surface area contributed by atoms with Gasteiger partial charge in [0.25, 0.3) is 0 Å². The van der Waals surface area contributed by atoms with Crippen LogP contribution in [-0.2, 0) is 6.54 Å². The van der Waals surface area contributed by atoms with E-state index in [0.29, 0.717) is 6.04 Å². The lowest BCUT2D eigenvalue weighted by Gasteiger charge is -2.24. The Balaban J connectivity index is 1.73. The number of nitrogens with zero attached hydrogens (tertiary/aromatic N) is 1. The van der Waals surface area contributed by atoms with Crippen LogP contribution < -0.4 is 10.1 Å². The molecule has 0 heterocycles. The lowest BCUT2D eigenvalue weighted by atomic mass is 10.2. The molecular weight excluding hydrogens is 224 g/mol. The zero-order chi connectivity index (χ0) is 13.0. The Morgan fingerprint density at radius 1 is 1.44 bits per heavy atom. The van der Waals surface area contributed by atoms with E-state index in [4.69, 9.17) is 4.74 Å². The molecule has 1 aromatic rings. The fraction of sp³-hybridized carbons (Fsp3) is 0.600. The first-order chi connectivity index (χ1) is 8.70. The molecule has 0 bridgehead atoms. The molecule has 2 rings (SSSR count). The van der Waals surface area contributed by atoms with Crippen molar-refractivity contribution in [2.75, 3.05) is 20.7 Å². The van der Waals surface area contributed by atoms with E-state index in [0.717, 1.165) is 24.9 Å². The zero-order valence-electron chi connectivity index (χ0n) is 11.6. The summed E-state index contributed by atoms with van der Waals surface area (Å²) in [5.41, 5.74) is 1.27. The molecule has 1 fully saturated rings. The third-order valence-electron chi connectivity index (χ3n) is 3.72. The molecular formula is C15H24N2O. The zero-order valence-corrected chi connectivity index (χ0v) is 11.6. The Kier molecular flexibility index (Phi) is 4.61. The summed E-state index contributed by atoms with van der Waals surface area (Å²) >= 11 is 0. The standard InChI is InChI=1S/C15H24N2O/c1-12(17(2)14-7-8-14)10-16-11-13-5-4-6-15(9-13)18-3/h4-6,9,12,14,16H,7-8,10-11H2,1-3H3. The Morgan fingerprint density at radius 2 is 2.22 bits per heavy atom. The summed E-state index contributed by atoms with van der Waals surface area (Å²) in [5, 5.41) is 3.52. The normalized spacial score (nSPS) is 16.9. The van der Waals surface area contributed by atoms with Crippen LogP contribution in [-0.4, -0.2) is 37.7 Å². The summed E-state index contributed by atoms with van der Waals surface area (Å²) in [7, 11) is 3.94. The summed E-state index contributed by atoms with van der Waals surface area (Å²) in [6, 6.07) is 9.66. The molecule has 0 aliphatic heterocycles. The highest BCUT2D eigenvalue weighted by Crippen LogP contribution is 2.26. The molecule has 0 amide bonds. The van der Waals surface area contributed by atoms with Crippen molar-refractivity contribution in [3.05, 3.63) is 29.8 Å². The number of rotatable bonds is 7. The lowest BCUT2D eigenvalue weighted by molar-refractivity contribution is 0.241. The molecule has 3 heteroatoms. The monoisotopic (exact) mass is 248 g/mol. The number of benzene rings is 1. The summed E-state index contributed by atoms with van der Waals surface area (Å²) in [5.74, 6) is 0.928. The van der Waals surface area contributed by atoms with Gasteiger partial charge in [0.2, 0.25) is 0 Å². The van der Waals surface area contributed by atoms with Gasteiger partial charge in [-0.05, 0) is 44.5 Å². The molecule has 0 aromatic heterocycles. The summed E-state index contributed by atoms with van der Waals surface area (Å²) in [6.45, 7) is 4.22. The van der Waals surface area contributed by atoms with Gasteiger partial charge in [-0.3, -0.25) is 4.90 Å². The Morgan fingerprint density at radius 3 is 2.89 bits per heavy atom. The van der Waals surface area contributed by atoms with Crippen molar-refractivity contribution in [2.24, 2.45) is 0 Å². The van der Waals surface area contributed by atoms with E-state index in [1.165, 1.54) is 18.4 Å². The predicted molar refractivity (Wildman–Crippen MR) is 74.9 cm³/mol. The minimum Gasteiger partial charge on any atom is -0.497 e. The van der Waals surface area contributed by atoms with Gasteiger partial charge in [-0.15, -0.1) is 0 Å². The van der Waals surface area contributed by atoms with Crippen molar-refractivity contribution in [3.63, 3.8) is 0 Å². The van der Waals surface area contributed by atoms with Crippen LogP contribution in [0, 0.1) is 0 Å². The van der Waals surface area contributed by atoms with Gasteiger partial charge in [-0.1, -0.05) is 12.1 Å². The fourth-order valence-electron chi connectivity index (χ4n) is 2.19. The van der Waals surface area contributed by atoms with Crippen molar-refractivity contribution in [1.29, 1.82) is 0 Å². The number of hydrogen-bond donors (Lipinski definition) is 1. The number of ether oxygens (including phenoxy) is 1. The van der Waals surface area contributed by atoms with E-state index in [2.05, 4.69) is 36.3 Å². The van der Waals surface area contributed by atoms with E-state index in [1.54, 1.807) is 7.11 Å². The molecule has 0 spiro atoms. The number of hydrogen-bond acceptors (Lipinski definition) is 3. The van der Waals surface area contributed by atoms with Crippen LogP contribution in [0.3, 0.4) is 0 Å². The second-order valence-electron chi connectivity index (χ2n) is 5.23. The van der Waals surface area contributed by atoms with Crippen molar-refractivity contribution in [2.45, 2.75) is 38.4 Å². The van der Waals surface area contributed by atoms with Gasteiger partial charge < -0.3 is 10.1 Å². The second kappa shape index (κ2) is 6.21. The first kappa shape index (κ1) is 13.4. The van der Waals surface area contributed by atoms with Gasteiger partial charge in [0.15, 0.2) is 0 Å². The maximum Gasteiger partial charge on any atom is 0.119 e. The average Bonchev–Trinajstić information content (AvgIpc) is 3.22. The van der Waals surface area contributed by atoms with Crippen LogP contribution in [0.4, 0.5) is 0 Å². The van der Waals surface area contributed by atoms with E-state index in [1.807, 2.05) is 12.1 Å². The first-order valence-electron chi connectivity index (χ1n) is 6.76. The van der Waals surface area contributed by atoms with E-state index >= 15 is 0 Å². The first-order valence-corrected chi connectivity index (χ1v) is 6.76. The molecule has 0 saturated heterocycles. The van der Waals surface area contributed by atoms with Crippen molar-refractivity contribution in [3.8, 4) is 5.75 Å². The van der Waals surface area contributed by atoms with Crippen molar-refractivity contribution < 1.29 is 4.74 Å². The van der Waals surface area contributed by atoms with Crippen LogP contribution >= 0.6 is 0 Å². The minimum absolute atomic E-state index is 0.600. The third kappa shape index (κ3) is 3.72. The molecule has 1 aliphatic rings. The number of likely N-dealkylation sites (N-methyl/N-ethyl adjacent to an activating group) is 1. The second-order valence-corrected chi connectivity index (χ2v) is 5.23. The maximum atomic E-state index is 5.22. The van der Waals surface area contributed by atoms with Crippen LogP contribution in [0.2, 0.25) is 0 Å². The van der Waals surface area contributed by atoms with Gasteiger partial charge in [0.1, 0.15) is 5.75 Å². The van der Waals surface area contributed by atoms with E-state index in [9.17, 15) is 0 Å². The van der Waals surface area contributed by atoms with Gasteiger partial charge in [-0.2, -0.15) is 0 Å². The van der Waals surface area contributed by atoms with E-state index < -0.39 is 0 Å². The van der Waals surface area contributed by atoms with Crippen LogP contribution in [0.15, 0.2) is 24.3 Å². The molecule has 1 aromatic carbocycles. The fourth-order valence-corrected chi connectivity index (χ4v) is 2.19. The lowest BCUT2D eigenvalue weighted by Crippen LogP contribution is -2.38. The topological polar surface area (TPSA) is 24.5 Å². The largest absolute Gasteiger partial charge is 0.497 e. The van der Waals surface area contributed by atoms with Gasteiger partial charge >= 0.3 is 0 Å². The van der Waals surface area contributed by atoms with Crippen molar-refractivity contribution in [1.82, 2.24) is 10.2 Å². The summed E-state index contributed by atoms with van der Waals surface area (Å²) < 4.78 is 5.22. The summed E-state index contributed by atoms with van der Waals surface area (Å²) in [6.07, 6.45) is 2.74. The summed E-state index contributed by atoms with van der Waals surface area (Å²) in [4.78, 5) is 2.48. The molecule has 0 radical (unpaired) electrons. The molecule has 1 N–H and O–H groups in total. The average molecular weight is 248 g/mol. The predicted octanol–water partition coefficient (Wildman–Crippen LogP) is 2.27. The van der Waals surface area contributed by atoms with Gasteiger partial charge in [0, 0.05) is 25.2 Å². The van der Waals surface area contributed by atoms with E-state index in [-0.39, 0.29) is 0 Å². The van der Waals surface area contributed by atoms with Crippen molar-refractivity contribution >= 4 is 0 Å². The van der Waals surface area contributed by atoms with Crippen LogP contribution in [0.5, 0.6) is 5.75 Å². The Hall–Kier alpha value is -1.06. The Labute approximate surface area is 110 Å². The third-order valence-corrected chi connectivity index (χ3v) is 3.72. The van der Waals surface area contributed by atoms with Crippen LogP contribution in [0.25, 0.3) is 0 Å². The molecule has 1 unspecified atom stereocenters. The molecule has 18 heavy (non-hydrogen) atoms. The van der Waals surface area contributed by atoms with Crippen LogP contribution in [0.1, 0.15) is 25.3 Å². The molecule has 100 valence electrons. The molecule has 1 aliphatic carbocycles. The SMILES string of the molecule is COc1cccc(CNCC(C)N(C)C2CC2)c1. The quantitative estimate of drug-likeness (QED) is 0.801. The number of nitrogens with one attached hydrogen (secondary N) is 1. The highest BCUT2D eigenvalue weighted by molar-refractivity contribution is 5.28. The minimum atomic E-state index is 0.600. The smallest absolute Gasteiger partial charge is 0.119 e. The molecule has 1 saturated carbocycles. The molecule has 3 nitrogen and oxygen atoms in total. The Bertz CT molecular complexity index is 377. The maximum absolute atomic E-state index is 5.22.